The SMILES string of the molecule is COc1ccc(OC[C@H]2Oc3c(ccc4c3C=CC(C)(C)O4)C(=O)[C@H]2C)cc1OC. The van der Waals surface area contributed by atoms with Crippen LogP contribution >= 0.6 is 0 Å². The summed E-state index contributed by atoms with van der Waals surface area (Å²) in [4.78, 5) is 13.0. The fraction of sp³-hybridized carbons (Fsp3) is 0.375. The van der Waals surface area contributed by atoms with E-state index in [1.165, 1.54) is 0 Å². The molecule has 0 N–H and O–H groups in total. The number of ether oxygens (including phenoxy) is 5. The highest BCUT2D eigenvalue weighted by molar-refractivity contribution is 6.03. The number of hydrogen-bond acceptors (Lipinski definition) is 6. The highest BCUT2D eigenvalue weighted by Crippen LogP contribution is 2.43. The third kappa shape index (κ3) is 3.58. The van der Waals surface area contributed by atoms with Crippen molar-refractivity contribution in [2.45, 2.75) is 32.5 Å². The first-order chi connectivity index (χ1) is 14.3. The van der Waals surface area contributed by atoms with Gasteiger partial charge in [-0.1, -0.05) is 6.92 Å². The first-order valence-electron chi connectivity index (χ1n) is 9.94. The molecule has 2 aliphatic heterocycles. The summed E-state index contributed by atoms with van der Waals surface area (Å²) >= 11 is 0. The van der Waals surface area contributed by atoms with Crippen molar-refractivity contribution in [3.05, 3.63) is 47.5 Å². The van der Waals surface area contributed by atoms with Crippen LogP contribution in [0.15, 0.2) is 36.4 Å². The van der Waals surface area contributed by atoms with Gasteiger partial charge in [0.15, 0.2) is 17.3 Å². The monoisotopic (exact) mass is 410 g/mol. The molecule has 0 aromatic heterocycles. The minimum Gasteiger partial charge on any atom is -0.493 e. The predicted molar refractivity (Wildman–Crippen MR) is 113 cm³/mol. The van der Waals surface area contributed by atoms with E-state index in [1.54, 1.807) is 38.5 Å². The van der Waals surface area contributed by atoms with Crippen LogP contribution in [0.3, 0.4) is 0 Å². The molecule has 0 saturated heterocycles. The molecule has 2 atom stereocenters. The maximum absolute atomic E-state index is 13.0. The number of benzene rings is 2. The Hall–Kier alpha value is -3.15. The summed E-state index contributed by atoms with van der Waals surface area (Å²) in [5.74, 6) is 2.79. The first-order valence-corrected chi connectivity index (χ1v) is 9.94. The Balaban J connectivity index is 1.57. The van der Waals surface area contributed by atoms with Gasteiger partial charge >= 0.3 is 0 Å². The van der Waals surface area contributed by atoms with Gasteiger partial charge in [0.1, 0.15) is 35.6 Å². The number of fused-ring (bicyclic) bond motifs is 3. The van der Waals surface area contributed by atoms with E-state index in [2.05, 4.69) is 0 Å². The smallest absolute Gasteiger partial charge is 0.173 e. The lowest BCUT2D eigenvalue weighted by Gasteiger charge is -2.34. The van der Waals surface area contributed by atoms with Gasteiger partial charge in [0, 0.05) is 6.07 Å². The number of Topliss-reactive ketones (excluding diaryl/α,β-unsaturated/α-hetero) is 1. The van der Waals surface area contributed by atoms with Gasteiger partial charge in [-0.3, -0.25) is 4.79 Å². The zero-order chi connectivity index (χ0) is 21.5. The second kappa shape index (κ2) is 7.59. The summed E-state index contributed by atoms with van der Waals surface area (Å²) in [7, 11) is 3.16. The molecule has 6 heteroatoms. The van der Waals surface area contributed by atoms with Crippen LogP contribution in [0.25, 0.3) is 6.08 Å². The van der Waals surface area contributed by atoms with Gasteiger partial charge in [0.25, 0.3) is 0 Å². The summed E-state index contributed by atoms with van der Waals surface area (Å²) in [6.07, 6.45) is 3.51. The minimum absolute atomic E-state index is 0.0400. The van der Waals surface area contributed by atoms with Crippen LogP contribution in [0.5, 0.6) is 28.7 Å². The molecule has 30 heavy (non-hydrogen) atoms. The molecule has 2 aliphatic rings. The van der Waals surface area contributed by atoms with Crippen LogP contribution in [0, 0.1) is 5.92 Å². The fourth-order valence-electron chi connectivity index (χ4n) is 3.68. The summed E-state index contributed by atoms with van der Waals surface area (Å²) < 4.78 is 28.8. The second-order valence-corrected chi connectivity index (χ2v) is 8.03. The van der Waals surface area contributed by atoms with Gasteiger partial charge in [0.2, 0.25) is 0 Å². The van der Waals surface area contributed by atoms with Gasteiger partial charge in [-0.05, 0) is 50.3 Å². The first kappa shape index (κ1) is 20.1. The Kier molecular flexibility index (Phi) is 5.10. The predicted octanol–water partition coefficient (Wildman–Crippen LogP) is 4.55. The number of rotatable bonds is 5. The molecule has 0 amide bonds. The molecule has 0 spiro atoms. The molecular weight excluding hydrogens is 384 g/mol. The summed E-state index contributed by atoms with van der Waals surface area (Å²) in [6, 6.07) is 8.95. The maximum atomic E-state index is 13.0. The van der Waals surface area contributed by atoms with Crippen molar-refractivity contribution in [3.63, 3.8) is 0 Å². The molecule has 2 aromatic rings. The van der Waals surface area contributed by atoms with E-state index in [0.29, 0.717) is 34.3 Å². The van der Waals surface area contributed by atoms with Gasteiger partial charge in [-0.25, -0.2) is 0 Å². The van der Waals surface area contributed by atoms with Crippen molar-refractivity contribution in [3.8, 4) is 28.7 Å². The number of hydrogen-bond donors (Lipinski definition) is 0. The summed E-state index contributed by atoms with van der Waals surface area (Å²) in [6.45, 7) is 6.06. The number of carbonyl (C=O) groups excluding carboxylic acids is 1. The normalized spacial score (nSPS) is 21.0. The topological polar surface area (TPSA) is 63.2 Å². The Bertz CT molecular complexity index is 1010. The van der Waals surface area contributed by atoms with Gasteiger partial charge in [0.05, 0.1) is 31.3 Å². The Morgan fingerprint density at radius 2 is 1.83 bits per heavy atom. The van der Waals surface area contributed by atoms with E-state index in [1.807, 2.05) is 39.0 Å². The molecule has 2 aromatic carbocycles. The Morgan fingerprint density at radius 1 is 1.07 bits per heavy atom. The van der Waals surface area contributed by atoms with E-state index >= 15 is 0 Å². The quantitative estimate of drug-likeness (QED) is 0.721. The molecule has 0 unspecified atom stereocenters. The van der Waals surface area contributed by atoms with Gasteiger partial charge < -0.3 is 23.7 Å². The summed E-state index contributed by atoms with van der Waals surface area (Å²) in [5.41, 5.74) is 0.975. The maximum Gasteiger partial charge on any atom is 0.173 e. The van der Waals surface area contributed by atoms with Crippen LogP contribution in [-0.4, -0.2) is 38.3 Å². The molecular formula is C24H26O6. The second-order valence-electron chi connectivity index (χ2n) is 8.03. The van der Waals surface area contributed by atoms with Crippen LogP contribution in [0.4, 0.5) is 0 Å². The van der Waals surface area contributed by atoms with E-state index in [-0.39, 0.29) is 18.3 Å². The zero-order valence-corrected chi connectivity index (χ0v) is 17.9. The average molecular weight is 410 g/mol. The molecule has 0 bridgehead atoms. The highest BCUT2D eigenvalue weighted by Gasteiger charge is 2.37. The Morgan fingerprint density at radius 3 is 2.57 bits per heavy atom. The van der Waals surface area contributed by atoms with Crippen molar-refractivity contribution in [2.24, 2.45) is 5.92 Å². The lowest BCUT2D eigenvalue weighted by atomic mass is 9.88. The third-order valence-corrected chi connectivity index (χ3v) is 5.46. The average Bonchev–Trinajstić information content (AvgIpc) is 2.73. The van der Waals surface area contributed by atoms with E-state index in [9.17, 15) is 4.79 Å². The highest BCUT2D eigenvalue weighted by atomic mass is 16.5. The largest absolute Gasteiger partial charge is 0.493 e. The molecule has 158 valence electrons. The van der Waals surface area contributed by atoms with Crippen molar-refractivity contribution < 1.29 is 28.5 Å². The van der Waals surface area contributed by atoms with Crippen LogP contribution < -0.4 is 23.7 Å². The molecule has 0 saturated carbocycles. The van der Waals surface area contributed by atoms with E-state index in [0.717, 1.165) is 5.56 Å². The van der Waals surface area contributed by atoms with E-state index in [4.69, 9.17) is 23.7 Å². The number of ketones is 1. The lowest BCUT2D eigenvalue weighted by molar-refractivity contribution is 0.0522. The third-order valence-electron chi connectivity index (χ3n) is 5.46. The van der Waals surface area contributed by atoms with Crippen molar-refractivity contribution in [1.29, 1.82) is 0 Å². The van der Waals surface area contributed by atoms with Gasteiger partial charge in [-0.2, -0.15) is 0 Å². The molecule has 0 aliphatic carbocycles. The minimum atomic E-state index is -0.423. The molecule has 6 nitrogen and oxygen atoms in total. The summed E-state index contributed by atoms with van der Waals surface area (Å²) in [5, 5.41) is 0. The number of carbonyl (C=O) groups is 1. The molecule has 2 heterocycles. The van der Waals surface area contributed by atoms with Crippen molar-refractivity contribution in [1.82, 2.24) is 0 Å². The van der Waals surface area contributed by atoms with Crippen LogP contribution in [-0.2, 0) is 0 Å². The lowest BCUT2D eigenvalue weighted by Crippen LogP contribution is -2.40. The fourth-order valence-corrected chi connectivity index (χ4v) is 3.68. The van der Waals surface area contributed by atoms with Crippen molar-refractivity contribution in [2.75, 3.05) is 20.8 Å². The van der Waals surface area contributed by atoms with Gasteiger partial charge in [-0.15, -0.1) is 0 Å². The van der Waals surface area contributed by atoms with Crippen LogP contribution in [0.2, 0.25) is 0 Å². The standard InChI is InChI=1S/C24H26O6/c1-14-21(13-28-15-6-8-19(26-4)20(12-15)27-5)29-23-16-10-11-24(2,3)30-18(16)9-7-17(23)22(14)25/h6-12,14,21H,13H2,1-5H3/t14-,21+/m0/s1. The van der Waals surface area contributed by atoms with Crippen LogP contribution in [0.1, 0.15) is 36.7 Å². The van der Waals surface area contributed by atoms with E-state index < -0.39 is 11.7 Å². The zero-order valence-electron chi connectivity index (χ0n) is 17.9. The Labute approximate surface area is 176 Å². The molecule has 0 fully saturated rings. The van der Waals surface area contributed by atoms with Crippen molar-refractivity contribution >= 4 is 11.9 Å². The number of methoxy groups -OCH3 is 2. The molecule has 0 radical (unpaired) electrons. The molecule has 4 rings (SSSR count).